The predicted molar refractivity (Wildman–Crippen MR) is 107 cm³/mol. The standard InChI is InChI=1S/C23H28FN3O/c24-21-5-2-1-4-20(21)16-26-14-3-10-23(17-26)11-15-27(18-23)22(28)7-6-19-8-12-25-13-9-19/h1-2,4-5,8-9,12-13H,3,6-7,10-11,14-18H2. The van der Waals surface area contributed by atoms with Gasteiger partial charge in [0.1, 0.15) is 5.82 Å². The molecule has 1 spiro atoms. The summed E-state index contributed by atoms with van der Waals surface area (Å²) in [6.45, 7) is 4.31. The molecule has 0 saturated carbocycles. The van der Waals surface area contributed by atoms with Crippen molar-refractivity contribution in [2.75, 3.05) is 26.2 Å². The van der Waals surface area contributed by atoms with Gasteiger partial charge in [0.05, 0.1) is 0 Å². The Hall–Kier alpha value is -2.27. The molecule has 2 aromatic rings. The van der Waals surface area contributed by atoms with Crippen molar-refractivity contribution in [2.45, 2.75) is 38.6 Å². The van der Waals surface area contributed by atoms with Gasteiger partial charge in [-0.1, -0.05) is 18.2 Å². The van der Waals surface area contributed by atoms with Gasteiger partial charge >= 0.3 is 0 Å². The molecule has 0 aliphatic carbocycles. The Morgan fingerprint density at radius 1 is 1.07 bits per heavy atom. The molecule has 5 heteroatoms. The van der Waals surface area contributed by atoms with Crippen molar-refractivity contribution >= 4 is 5.91 Å². The highest BCUT2D eigenvalue weighted by Gasteiger charge is 2.42. The molecule has 1 amide bonds. The van der Waals surface area contributed by atoms with E-state index < -0.39 is 0 Å². The maximum Gasteiger partial charge on any atom is 0.222 e. The molecule has 2 fully saturated rings. The minimum absolute atomic E-state index is 0.124. The first-order valence-corrected chi connectivity index (χ1v) is 10.3. The van der Waals surface area contributed by atoms with Crippen LogP contribution in [0.1, 0.15) is 36.8 Å². The van der Waals surface area contributed by atoms with E-state index in [-0.39, 0.29) is 17.1 Å². The van der Waals surface area contributed by atoms with Gasteiger partial charge in [-0.25, -0.2) is 4.39 Å². The van der Waals surface area contributed by atoms with Gasteiger partial charge in [0.25, 0.3) is 0 Å². The second-order valence-corrected chi connectivity index (χ2v) is 8.33. The Balaban J connectivity index is 1.33. The van der Waals surface area contributed by atoms with Gasteiger partial charge in [-0.05, 0) is 56.0 Å². The lowest BCUT2D eigenvalue weighted by Crippen LogP contribution is -2.45. The molecular formula is C23H28FN3O. The zero-order valence-electron chi connectivity index (χ0n) is 16.3. The maximum atomic E-state index is 14.0. The van der Waals surface area contributed by atoms with Crippen molar-refractivity contribution in [3.05, 3.63) is 65.7 Å². The quantitative estimate of drug-likeness (QED) is 0.793. The Morgan fingerprint density at radius 3 is 2.71 bits per heavy atom. The minimum Gasteiger partial charge on any atom is -0.342 e. The average molecular weight is 381 g/mol. The van der Waals surface area contributed by atoms with Crippen LogP contribution in [-0.4, -0.2) is 46.9 Å². The maximum absolute atomic E-state index is 14.0. The summed E-state index contributed by atoms with van der Waals surface area (Å²) < 4.78 is 14.0. The Labute approximate surface area is 166 Å². The third kappa shape index (κ3) is 4.41. The minimum atomic E-state index is -0.124. The molecule has 1 atom stereocenters. The number of amides is 1. The van der Waals surface area contributed by atoms with E-state index in [0.29, 0.717) is 13.0 Å². The molecule has 1 aromatic heterocycles. The van der Waals surface area contributed by atoms with E-state index >= 15 is 0 Å². The van der Waals surface area contributed by atoms with Crippen LogP contribution in [0.2, 0.25) is 0 Å². The van der Waals surface area contributed by atoms with Crippen molar-refractivity contribution in [3.63, 3.8) is 0 Å². The molecule has 1 unspecified atom stereocenters. The molecule has 0 radical (unpaired) electrons. The lowest BCUT2D eigenvalue weighted by molar-refractivity contribution is -0.130. The monoisotopic (exact) mass is 381 g/mol. The highest BCUT2D eigenvalue weighted by molar-refractivity contribution is 5.76. The van der Waals surface area contributed by atoms with E-state index in [4.69, 9.17) is 0 Å². The number of benzene rings is 1. The summed E-state index contributed by atoms with van der Waals surface area (Å²) in [6, 6.07) is 11.0. The molecule has 28 heavy (non-hydrogen) atoms. The SMILES string of the molecule is O=C(CCc1ccncc1)N1CCC2(CCCN(Cc3ccccc3F)C2)C1. The lowest BCUT2D eigenvalue weighted by atomic mass is 9.79. The molecule has 4 nitrogen and oxygen atoms in total. The Bertz CT molecular complexity index is 813. The molecule has 1 aromatic carbocycles. The number of hydrogen-bond acceptors (Lipinski definition) is 3. The summed E-state index contributed by atoms with van der Waals surface area (Å²) in [7, 11) is 0. The zero-order chi connectivity index (χ0) is 19.4. The molecule has 2 aliphatic heterocycles. The number of aromatic nitrogens is 1. The number of carbonyl (C=O) groups excluding carboxylic acids is 1. The van der Waals surface area contributed by atoms with Crippen LogP contribution in [0.5, 0.6) is 0 Å². The highest BCUT2D eigenvalue weighted by Crippen LogP contribution is 2.39. The Kier molecular flexibility index (Phi) is 5.72. The fourth-order valence-corrected chi connectivity index (χ4v) is 4.75. The van der Waals surface area contributed by atoms with Crippen LogP contribution >= 0.6 is 0 Å². The van der Waals surface area contributed by atoms with E-state index in [1.54, 1.807) is 18.5 Å². The van der Waals surface area contributed by atoms with E-state index in [9.17, 15) is 9.18 Å². The third-order valence-corrected chi connectivity index (χ3v) is 6.26. The number of halogens is 1. The second kappa shape index (κ2) is 8.39. The first-order valence-electron chi connectivity index (χ1n) is 10.3. The molecule has 2 aliphatic rings. The van der Waals surface area contributed by atoms with Gasteiger partial charge in [0.15, 0.2) is 0 Å². The second-order valence-electron chi connectivity index (χ2n) is 8.33. The third-order valence-electron chi connectivity index (χ3n) is 6.26. The molecule has 148 valence electrons. The smallest absolute Gasteiger partial charge is 0.222 e. The fourth-order valence-electron chi connectivity index (χ4n) is 4.75. The first-order chi connectivity index (χ1) is 13.6. The van der Waals surface area contributed by atoms with Crippen molar-refractivity contribution in [3.8, 4) is 0 Å². The summed E-state index contributed by atoms with van der Waals surface area (Å²) in [6.07, 6.45) is 8.21. The number of carbonyl (C=O) groups is 1. The molecule has 0 bridgehead atoms. The van der Waals surface area contributed by atoms with Gasteiger partial charge < -0.3 is 4.90 Å². The first kappa shape index (κ1) is 19.1. The van der Waals surface area contributed by atoms with Gasteiger partial charge in [-0.3, -0.25) is 14.7 Å². The van der Waals surface area contributed by atoms with E-state index in [0.717, 1.165) is 63.0 Å². The van der Waals surface area contributed by atoms with Crippen LogP contribution in [0.15, 0.2) is 48.8 Å². The molecule has 0 N–H and O–H groups in total. The normalized spacial score (nSPS) is 22.7. The van der Waals surface area contributed by atoms with Crippen LogP contribution in [-0.2, 0) is 17.8 Å². The predicted octanol–water partition coefficient (Wildman–Crippen LogP) is 3.67. The Morgan fingerprint density at radius 2 is 1.89 bits per heavy atom. The van der Waals surface area contributed by atoms with E-state index in [2.05, 4.69) is 9.88 Å². The van der Waals surface area contributed by atoms with Crippen LogP contribution < -0.4 is 0 Å². The van der Waals surface area contributed by atoms with Crippen molar-refractivity contribution in [1.29, 1.82) is 0 Å². The number of pyridine rings is 1. The van der Waals surface area contributed by atoms with Gasteiger partial charge in [0, 0.05) is 56.0 Å². The van der Waals surface area contributed by atoms with Gasteiger partial charge in [0.2, 0.25) is 5.91 Å². The summed E-state index contributed by atoms with van der Waals surface area (Å²) in [5.41, 5.74) is 2.10. The molecule has 2 saturated heterocycles. The molecule has 4 rings (SSSR count). The number of nitrogens with zero attached hydrogens (tertiary/aromatic N) is 3. The number of aryl methyl sites for hydroxylation is 1. The summed E-state index contributed by atoms with van der Waals surface area (Å²) in [4.78, 5) is 21.2. The lowest BCUT2D eigenvalue weighted by Gasteiger charge is -2.40. The van der Waals surface area contributed by atoms with Crippen molar-refractivity contribution < 1.29 is 9.18 Å². The number of likely N-dealkylation sites (tertiary alicyclic amines) is 2. The number of rotatable bonds is 5. The largest absolute Gasteiger partial charge is 0.342 e. The fraction of sp³-hybridized carbons (Fsp3) is 0.478. The van der Waals surface area contributed by atoms with Gasteiger partial charge in [-0.2, -0.15) is 0 Å². The summed E-state index contributed by atoms with van der Waals surface area (Å²) in [5, 5.41) is 0. The van der Waals surface area contributed by atoms with E-state index in [1.807, 2.05) is 29.2 Å². The highest BCUT2D eigenvalue weighted by atomic mass is 19.1. The molecular weight excluding hydrogens is 353 g/mol. The van der Waals surface area contributed by atoms with Crippen LogP contribution in [0.4, 0.5) is 4.39 Å². The topological polar surface area (TPSA) is 36.4 Å². The number of hydrogen-bond donors (Lipinski definition) is 0. The zero-order valence-corrected chi connectivity index (χ0v) is 16.3. The molecule has 3 heterocycles. The summed E-state index contributed by atoms with van der Waals surface area (Å²) in [5.74, 6) is 0.126. The van der Waals surface area contributed by atoms with Crippen LogP contribution in [0, 0.1) is 11.2 Å². The summed E-state index contributed by atoms with van der Waals surface area (Å²) >= 11 is 0. The van der Waals surface area contributed by atoms with Crippen LogP contribution in [0.3, 0.4) is 0 Å². The number of piperidine rings is 1. The average Bonchev–Trinajstić information content (AvgIpc) is 3.12. The van der Waals surface area contributed by atoms with Gasteiger partial charge in [-0.15, -0.1) is 0 Å². The van der Waals surface area contributed by atoms with E-state index in [1.165, 1.54) is 6.07 Å². The van der Waals surface area contributed by atoms with Crippen molar-refractivity contribution in [1.82, 2.24) is 14.8 Å². The van der Waals surface area contributed by atoms with Crippen LogP contribution in [0.25, 0.3) is 0 Å². The van der Waals surface area contributed by atoms with Crippen molar-refractivity contribution in [2.24, 2.45) is 5.41 Å².